The number of rotatable bonds is 6. The third-order valence-corrected chi connectivity index (χ3v) is 3.11. The molecule has 1 amide bonds. The molecule has 0 spiro atoms. The Morgan fingerprint density at radius 1 is 1.35 bits per heavy atom. The second-order valence-corrected chi connectivity index (χ2v) is 5.01. The molecule has 0 saturated heterocycles. The quantitative estimate of drug-likeness (QED) is 0.847. The van der Waals surface area contributed by atoms with Crippen molar-refractivity contribution in [3.8, 4) is 5.75 Å². The lowest BCUT2D eigenvalue weighted by Gasteiger charge is -2.14. The summed E-state index contributed by atoms with van der Waals surface area (Å²) in [4.78, 5) is 11.6. The van der Waals surface area contributed by atoms with E-state index >= 15 is 0 Å². The van der Waals surface area contributed by atoms with Crippen LogP contribution in [0.3, 0.4) is 0 Å². The first-order chi connectivity index (χ1) is 8.93. The number of benzene rings is 1. The summed E-state index contributed by atoms with van der Waals surface area (Å²) in [6, 6.07) is 4.14. The normalized spacial score (nSPS) is 11.4. The van der Waals surface area contributed by atoms with Crippen LogP contribution >= 0.6 is 12.4 Å². The molecule has 0 radical (unpaired) electrons. The Morgan fingerprint density at radius 2 is 2.00 bits per heavy atom. The lowest BCUT2D eigenvalue weighted by atomic mass is 10.1. The van der Waals surface area contributed by atoms with Crippen molar-refractivity contribution >= 4 is 18.3 Å². The van der Waals surface area contributed by atoms with Crippen LogP contribution in [0.25, 0.3) is 0 Å². The van der Waals surface area contributed by atoms with Gasteiger partial charge in [0.25, 0.3) is 0 Å². The van der Waals surface area contributed by atoms with Gasteiger partial charge in [-0.1, -0.05) is 6.07 Å². The van der Waals surface area contributed by atoms with Crippen molar-refractivity contribution in [2.75, 3.05) is 13.2 Å². The number of nitrogens with one attached hydrogen (secondary N) is 1. The van der Waals surface area contributed by atoms with E-state index < -0.39 is 0 Å². The molecule has 0 fully saturated rings. The molecule has 0 aliphatic rings. The topological polar surface area (TPSA) is 64.3 Å². The van der Waals surface area contributed by atoms with Crippen molar-refractivity contribution in [2.24, 2.45) is 5.73 Å². The lowest BCUT2D eigenvalue weighted by Crippen LogP contribution is -2.38. The molecule has 1 rings (SSSR count). The van der Waals surface area contributed by atoms with Crippen LogP contribution < -0.4 is 15.8 Å². The minimum absolute atomic E-state index is 0. The van der Waals surface area contributed by atoms with Gasteiger partial charge < -0.3 is 15.8 Å². The minimum Gasteiger partial charge on any atom is -0.493 e. The Hall–Kier alpha value is -1.26. The van der Waals surface area contributed by atoms with Crippen molar-refractivity contribution in [1.82, 2.24) is 5.32 Å². The summed E-state index contributed by atoms with van der Waals surface area (Å²) in [6.07, 6.45) is 0.344. The lowest BCUT2D eigenvalue weighted by molar-refractivity contribution is -0.122. The van der Waals surface area contributed by atoms with Crippen LogP contribution in [-0.4, -0.2) is 25.1 Å². The molecule has 0 aliphatic heterocycles. The van der Waals surface area contributed by atoms with Crippen LogP contribution in [0, 0.1) is 20.8 Å². The van der Waals surface area contributed by atoms with Gasteiger partial charge >= 0.3 is 0 Å². The number of aryl methyl sites for hydroxylation is 2. The highest BCUT2D eigenvalue weighted by molar-refractivity contribution is 5.85. The summed E-state index contributed by atoms with van der Waals surface area (Å²) in [5.41, 5.74) is 8.94. The number of carbonyl (C=O) groups excluding carboxylic acids is 1. The molecule has 0 bridgehead atoms. The van der Waals surface area contributed by atoms with Gasteiger partial charge in [0.1, 0.15) is 5.75 Å². The molecule has 114 valence electrons. The van der Waals surface area contributed by atoms with E-state index in [9.17, 15) is 4.79 Å². The highest BCUT2D eigenvalue weighted by Crippen LogP contribution is 2.23. The molecular weight excluding hydrogens is 276 g/mol. The molecule has 20 heavy (non-hydrogen) atoms. The van der Waals surface area contributed by atoms with E-state index in [4.69, 9.17) is 10.5 Å². The van der Waals surface area contributed by atoms with E-state index in [2.05, 4.69) is 18.3 Å². The molecule has 0 heterocycles. The predicted octanol–water partition coefficient (Wildman–Crippen LogP) is 2.27. The third-order valence-electron chi connectivity index (χ3n) is 3.11. The molecule has 4 nitrogen and oxygen atoms in total. The average Bonchev–Trinajstić information content (AvgIpc) is 2.34. The van der Waals surface area contributed by atoms with Crippen molar-refractivity contribution in [1.29, 1.82) is 0 Å². The summed E-state index contributed by atoms with van der Waals surface area (Å²) in [7, 11) is 0. The highest BCUT2D eigenvalue weighted by Gasteiger charge is 2.07. The standard InChI is InChI=1S/C15H24N2O2.ClH/c1-10-7-11(2)13(4)14(8-10)19-6-5-15(18)17-12(3)9-16;/h7-8,12H,5-6,9,16H2,1-4H3,(H,17,18);1H/t12-;/m0./s1. The maximum absolute atomic E-state index is 11.6. The number of carbonyl (C=O) groups is 1. The fraction of sp³-hybridized carbons (Fsp3) is 0.533. The number of hydrogen-bond acceptors (Lipinski definition) is 3. The second kappa shape index (κ2) is 8.82. The van der Waals surface area contributed by atoms with E-state index in [0.29, 0.717) is 19.6 Å². The SMILES string of the molecule is Cc1cc(C)c(C)c(OCCC(=O)N[C@@H](C)CN)c1.Cl. The first kappa shape index (κ1) is 18.7. The fourth-order valence-corrected chi connectivity index (χ4v) is 1.81. The average molecular weight is 301 g/mol. The molecule has 0 unspecified atom stereocenters. The Morgan fingerprint density at radius 3 is 2.60 bits per heavy atom. The molecule has 0 aliphatic carbocycles. The van der Waals surface area contributed by atoms with Crippen molar-refractivity contribution in [2.45, 2.75) is 40.2 Å². The summed E-state index contributed by atoms with van der Waals surface area (Å²) >= 11 is 0. The first-order valence-corrected chi connectivity index (χ1v) is 6.64. The van der Waals surface area contributed by atoms with E-state index in [1.54, 1.807) is 0 Å². The Kier molecular flexibility index (Phi) is 8.26. The van der Waals surface area contributed by atoms with Crippen molar-refractivity contribution in [3.63, 3.8) is 0 Å². The van der Waals surface area contributed by atoms with Gasteiger partial charge in [-0.2, -0.15) is 0 Å². The van der Waals surface area contributed by atoms with Gasteiger partial charge in [0.15, 0.2) is 0 Å². The minimum atomic E-state index is -0.0278. The summed E-state index contributed by atoms with van der Waals surface area (Å²) in [6.45, 7) is 8.84. The molecule has 1 atom stereocenters. The largest absolute Gasteiger partial charge is 0.493 e. The number of halogens is 1. The molecule has 0 aromatic heterocycles. The zero-order valence-corrected chi connectivity index (χ0v) is 13.5. The molecule has 0 saturated carbocycles. The number of ether oxygens (including phenoxy) is 1. The first-order valence-electron chi connectivity index (χ1n) is 6.64. The van der Waals surface area contributed by atoms with Gasteiger partial charge in [-0.3, -0.25) is 4.79 Å². The van der Waals surface area contributed by atoms with Crippen LogP contribution in [-0.2, 0) is 4.79 Å². The second-order valence-electron chi connectivity index (χ2n) is 5.01. The predicted molar refractivity (Wildman–Crippen MR) is 84.7 cm³/mol. The Labute approximate surface area is 127 Å². The molecule has 3 N–H and O–H groups in total. The Balaban J connectivity index is 0.00000361. The zero-order chi connectivity index (χ0) is 14.4. The monoisotopic (exact) mass is 300 g/mol. The smallest absolute Gasteiger partial charge is 0.223 e. The van der Waals surface area contributed by atoms with Gasteiger partial charge in [0.2, 0.25) is 5.91 Å². The number of amides is 1. The zero-order valence-electron chi connectivity index (χ0n) is 12.7. The van der Waals surface area contributed by atoms with Crippen LogP contribution in [0.2, 0.25) is 0 Å². The van der Waals surface area contributed by atoms with Gasteiger partial charge in [-0.15, -0.1) is 12.4 Å². The fourth-order valence-electron chi connectivity index (χ4n) is 1.81. The van der Waals surface area contributed by atoms with Gasteiger partial charge in [0, 0.05) is 12.6 Å². The maximum Gasteiger partial charge on any atom is 0.223 e. The number of nitrogens with two attached hydrogens (primary N) is 1. The van der Waals surface area contributed by atoms with Crippen LogP contribution in [0.1, 0.15) is 30.0 Å². The Bertz CT molecular complexity index is 450. The van der Waals surface area contributed by atoms with Crippen LogP contribution in [0.5, 0.6) is 5.75 Å². The molecule has 5 heteroatoms. The van der Waals surface area contributed by atoms with Gasteiger partial charge in [-0.25, -0.2) is 0 Å². The molecular formula is C15H25ClN2O2. The van der Waals surface area contributed by atoms with E-state index in [-0.39, 0.29) is 24.4 Å². The summed E-state index contributed by atoms with van der Waals surface area (Å²) < 4.78 is 5.69. The van der Waals surface area contributed by atoms with E-state index in [0.717, 1.165) is 11.3 Å². The van der Waals surface area contributed by atoms with Crippen molar-refractivity contribution < 1.29 is 9.53 Å². The van der Waals surface area contributed by atoms with Crippen molar-refractivity contribution in [3.05, 3.63) is 28.8 Å². The molecule has 1 aromatic carbocycles. The third kappa shape index (κ3) is 5.80. The van der Waals surface area contributed by atoms with Gasteiger partial charge in [0.05, 0.1) is 13.0 Å². The van der Waals surface area contributed by atoms with Crippen LogP contribution in [0.4, 0.5) is 0 Å². The van der Waals surface area contributed by atoms with Crippen LogP contribution in [0.15, 0.2) is 12.1 Å². The summed E-state index contributed by atoms with van der Waals surface area (Å²) in [5.74, 6) is 0.831. The summed E-state index contributed by atoms with van der Waals surface area (Å²) in [5, 5.41) is 2.81. The van der Waals surface area contributed by atoms with E-state index in [1.165, 1.54) is 11.1 Å². The highest BCUT2D eigenvalue weighted by atomic mass is 35.5. The maximum atomic E-state index is 11.6. The molecule has 1 aromatic rings. The van der Waals surface area contributed by atoms with E-state index in [1.807, 2.05) is 26.8 Å². The van der Waals surface area contributed by atoms with Gasteiger partial charge in [-0.05, 0) is 50.5 Å². The number of hydrogen-bond donors (Lipinski definition) is 2.